The van der Waals surface area contributed by atoms with Gasteiger partial charge in [-0.1, -0.05) is 34.7 Å². The van der Waals surface area contributed by atoms with E-state index in [-0.39, 0.29) is 17.2 Å². The Morgan fingerprint density at radius 3 is 2.77 bits per heavy atom. The maximum atomic E-state index is 12.8. The summed E-state index contributed by atoms with van der Waals surface area (Å²) in [5.41, 5.74) is 1.66. The van der Waals surface area contributed by atoms with Gasteiger partial charge >= 0.3 is 0 Å². The smallest absolute Gasteiger partial charge is 0.273 e. The average Bonchev–Trinajstić information content (AvgIpc) is 3.42. The molecule has 164 valence electrons. The number of methoxy groups -OCH3 is 1. The van der Waals surface area contributed by atoms with Gasteiger partial charge in [0.05, 0.1) is 18.6 Å². The van der Waals surface area contributed by atoms with Crippen LogP contribution in [0.15, 0.2) is 22.1 Å². The number of fused-ring (bicyclic) bond motifs is 1. The maximum Gasteiger partial charge on any atom is 0.273 e. The van der Waals surface area contributed by atoms with Crippen molar-refractivity contribution in [2.45, 2.75) is 24.9 Å². The molecule has 0 radical (unpaired) electrons. The number of thioether (sulfide) groups is 1. The number of amides is 1. The normalized spacial score (nSPS) is 13.7. The molecule has 1 N–H and O–H groups in total. The molecule has 0 spiro atoms. The molecule has 1 aromatic carbocycles. The van der Waals surface area contributed by atoms with Crippen LogP contribution < -0.4 is 20.5 Å². The van der Waals surface area contributed by atoms with Gasteiger partial charge in [0.2, 0.25) is 5.91 Å². The van der Waals surface area contributed by atoms with E-state index in [1.807, 2.05) is 6.92 Å². The second kappa shape index (κ2) is 9.05. The molecule has 0 atom stereocenters. The lowest BCUT2D eigenvalue weighted by Crippen LogP contribution is -2.21. The predicted molar refractivity (Wildman–Crippen MR) is 126 cm³/mol. The Kier molecular flexibility index (Phi) is 6.40. The van der Waals surface area contributed by atoms with Crippen LogP contribution in [0.4, 0.5) is 10.8 Å². The Hall–Kier alpha value is -2.30. The first-order valence-electron chi connectivity index (χ1n) is 9.76. The van der Waals surface area contributed by atoms with Crippen LogP contribution >= 0.6 is 34.7 Å². The number of benzene rings is 1. The summed E-state index contributed by atoms with van der Waals surface area (Å²) in [5, 5.41) is 4.68. The molecule has 2 aromatic heterocycles. The van der Waals surface area contributed by atoms with Crippen LogP contribution in [0.5, 0.6) is 5.75 Å². The number of carbonyl (C=O) groups is 1. The van der Waals surface area contributed by atoms with Crippen molar-refractivity contribution < 1.29 is 9.53 Å². The van der Waals surface area contributed by atoms with Gasteiger partial charge in [0.25, 0.3) is 5.56 Å². The average molecular weight is 480 g/mol. The molecular weight excluding hydrogens is 458 g/mol. The van der Waals surface area contributed by atoms with Crippen LogP contribution in [0.1, 0.15) is 18.4 Å². The maximum absolute atomic E-state index is 12.8. The fraction of sp³-hybridized carbons (Fsp3) is 0.400. The fourth-order valence-electron chi connectivity index (χ4n) is 3.34. The van der Waals surface area contributed by atoms with Crippen molar-refractivity contribution in [1.29, 1.82) is 0 Å². The van der Waals surface area contributed by atoms with Gasteiger partial charge in [-0.3, -0.25) is 14.2 Å². The molecule has 0 bridgehead atoms. The Bertz CT molecular complexity index is 1200. The molecule has 0 saturated carbocycles. The lowest BCUT2D eigenvalue weighted by molar-refractivity contribution is -0.113. The molecule has 0 aliphatic carbocycles. The van der Waals surface area contributed by atoms with E-state index in [1.165, 1.54) is 34.8 Å². The third-order valence-electron chi connectivity index (χ3n) is 5.05. The molecule has 8 nitrogen and oxygen atoms in total. The largest absolute Gasteiger partial charge is 0.495 e. The molecule has 1 aliphatic heterocycles. The standard InChI is InChI=1S/C20H22ClN5O3S2/c1-11-8-13(14(29-3)9-12(11)21)22-15(27)10-30-19-23-17-16(18(28)25(19)2)31-20(24-17)26-6-4-5-7-26/h8-9H,4-7,10H2,1-3H3,(H,22,27). The lowest BCUT2D eigenvalue weighted by atomic mass is 10.2. The number of anilines is 2. The summed E-state index contributed by atoms with van der Waals surface area (Å²) in [5.74, 6) is 0.327. The number of rotatable bonds is 6. The number of hydrogen-bond acceptors (Lipinski definition) is 8. The van der Waals surface area contributed by atoms with Gasteiger partial charge < -0.3 is 15.0 Å². The number of aryl methyl sites for hydroxylation is 1. The number of thiazole rings is 1. The third kappa shape index (κ3) is 4.51. The monoisotopic (exact) mass is 479 g/mol. The molecule has 1 saturated heterocycles. The first-order valence-corrected chi connectivity index (χ1v) is 11.9. The minimum absolute atomic E-state index is 0.0831. The molecule has 31 heavy (non-hydrogen) atoms. The highest BCUT2D eigenvalue weighted by Gasteiger charge is 2.20. The van der Waals surface area contributed by atoms with Gasteiger partial charge in [0.1, 0.15) is 10.4 Å². The first kappa shape index (κ1) is 21.9. The minimum atomic E-state index is -0.240. The predicted octanol–water partition coefficient (Wildman–Crippen LogP) is 3.69. The summed E-state index contributed by atoms with van der Waals surface area (Å²) in [4.78, 5) is 36.6. The van der Waals surface area contributed by atoms with Crippen molar-refractivity contribution in [3.63, 3.8) is 0 Å². The van der Waals surface area contributed by atoms with E-state index in [0.717, 1.165) is 36.6 Å². The molecule has 3 heterocycles. The number of ether oxygens (including phenoxy) is 1. The van der Waals surface area contributed by atoms with Crippen LogP contribution in [0, 0.1) is 6.92 Å². The summed E-state index contributed by atoms with van der Waals surface area (Å²) < 4.78 is 7.31. The second-order valence-corrected chi connectivity index (χ2v) is 9.57. The van der Waals surface area contributed by atoms with Crippen LogP contribution in [0.3, 0.4) is 0 Å². The number of aromatic nitrogens is 3. The van der Waals surface area contributed by atoms with Crippen molar-refractivity contribution in [1.82, 2.24) is 14.5 Å². The molecule has 0 unspecified atom stereocenters. The van der Waals surface area contributed by atoms with Crippen LogP contribution in [0.2, 0.25) is 5.02 Å². The van der Waals surface area contributed by atoms with Crippen LogP contribution in [0.25, 0.3) is 10.3 Å². The fourth-order valence-corrected chi connectivity index (χ4v) is 5.29. The minimum Gasteiger partial charge on any atom is -0.495 e. The van der Waals surface area contributed by atoms with Gasteiger partial charge in [-0.2, -0.15) is 4.98 Å². The Labute approximate surface area is 192 Å². The van der Waals surface area contributed by atoms with Crippen LogP contribution in [-0.4, -0.2) is 46.4 Å². The Balaban J connectivity index is 1.51. The summed E-state index contributed by atoms with van der Waals surface area (Å²) in [6.07, 6.45) is 2.27. The summed E-state index contributed by atoms with van der Waals surface area (Å²) in [6.45, 7) is 3.76. The third-order valence-corrected chi connectivity index (χ3v) is 7.58. The SMILES string of the molecule is COc1cc(Cl)c(C)cc1NC(=O)CSc1nc2nc(N3CCCC3)sc2c(=O)n1C. The highest BCUT2D eigenvalue weighted by molar-refractivity contribution is 7.99. The van der Waals surface area contributed by atoms with E-state index in [9.17, 15) is 9.59 Å². The van der Waals surface area contributed by atoms with Gasteiger partial charge in [-0.15, -0.1) is 0 Å². The molecule has 4 rings (SSSR count). The molecule has 1 fully saturated rings. The van der Waals surface area contributed by atoms with Crippen molar-refractivity contribution in [3.8, 4) is 5.75 Å². The summed E-state index contributed by atoms with van der Waals surface area (Å²) >= 11 is 8.69. The van der Waals surface area contributed by atoms with Crippen LogP contribution in [-0.2, 0) is 11.8 Å². The van der Waals surface area contributed by atoms with Crippen molar-refractivity contribution in [2.24, 2.45) is 7.05 Å². The highest BCUT2D eigenvalue weighted by atomic mass is 35.5. The molecule has 3 aromatic rings. The van der Waals surface area contributed by atoms with E-state index in [4.69, 9.17) is 16.3 Å². The summed E-state index contributed by atoms with van der Waals surface area (Å²) in [6, 6.07) is 3.43. The van der Waals surface area contributed by atoms with Crippen molar-refractivity contribution in [3.05, 3.63) is 33.1 Å². The molecule has 1 aliphatic rings. The Morgan fingerprint density at radius 1 is 1.32 bits per heavy atom. The number of halogens is 1. The zero-order valence-electron chi connectivity index (χ0n) is 17.4. The number of hydrogen-bond donors (Lipinski definition) is 1. The van der Waals surface area contributed by atoms with Gasteiger partial charge in [-0.05, 0) is 31.4 Å². The number of carbonyl (C=O) groups excluding carboxylic acids is 1. The van der Waals surface area contributed by atoms with Crippen molar-refractivity contribution >= 4 is 61.8 Å². The summed E-state index contributed by atoms with van der Waals surface area (Å²) in [7, 11) is 3.18. The second-order valence-electron chi connectivity index (χ2n) is 7.24. The number of nitrogens with one attached hydrogen (secondary N) is 1. The lowest BCUT2D eigenvalue weighted by Gasteiger charge is -2.12. The Morgan fingerprint density at radius 2 is 2.06 bits per heavy atom. The molecule has 11 heteroatoms. The van der Waals surface area contributed by atoms with Gasteiger partial charge in [-0.25, -0.2) is 4.98 Å². The first-order chi connectivity index (χ1) is 14.9. The number of nitrogens with zero attached hydrogens (tertiary/aromatic N) is 4. The van der Waals surface area contributed by atoms with Gasteiger partial charge in [0.15, 0.2) is 15.9 Å². The topological polar surface area (TPSA) is 89.3 Å². The van der Waals surface area contributed by atoms with E-state index in [0.29, 0.717) is 32.0 Å². The zero-order valence-corrected chi connectivity index (χ0v) is 19.8. The van der Waals surface area contributed by atoms with Crippen molar-refractivity contribution in [2.75, 3.05) is 36.2 Å². The van der Waals surface area contributed by atoms with E-state index in [1.54, 1.807) is 19.2 Å². The molecule has 1 amide bonds. The highest BCUT2D eigenvalue weighted by Crippen LogP contribution is 2.32. The molecular formula is C20H22ClN5O3S2. The van der Waals surface area contributed by atoms with Gasteiger partial charge in [0, 0.05) is 31.2 Å². The zero-order chi connectivity index (χ0) is 22.1. The van der Waals surface area contributed by atoms with E-state index >= 15 is 0 Å². The van der Waals surface area contributed by atoms with E-state index < -0.39 is 0 Å². The van der Waals surface area contributed by atoms with E-state index in [2.05, 4.69) is 20.2 Å². The quantitative estimate of drug-likeness (QED) is 0.426.